The first kappa shape index (κ1) is 16.5. The van der Waals surface area contributed by atoms with Gasteiger partial charge < -0.3 is 4.98 Å². The normalized spacial score (nSPS) is 12.5. The average molecular weight is 341 g/mol. The van der Waals surface area contributed by atoms with Crippen molar-refractivity contribution in [1.82, 2.24) is 15.0 Å². The van der Waals surface area contributed by atoms with Crippen LogP contribution in [0.3, 0.4) is 0 Å². The lowest BCUT2D eigenvalue weighted by molar-refractivity contribution is -0.116. The molecule has 1 N–H and O–H groups in total. The maximum atomic E-state index is 12.6. The SMILES string of the molecule is CC(=O)Cc1ccc2nc(S(=O)Cc3nccc(C)c3C)[nH]c2c1. The molecule has 0 aliphatic rings. The number of rotatable bonds is 5. The third kappa shape index (κ3) is 3.43. The molecule has 1 aromatic carbocycles. The molecule has 124 valence electrons. The summed E-state index contributed by atoms with van der Waals surface area (Å²) in [5.41, 5.74) is 5.49. The van der Waals surface area contributed by atoms with E-state index in [4.69, 9.17) is 0 Å². The predicted molar refractivity (Wildman–Crippen MR) is 94.3 cm³/mol. The Labute approximate surface area is 143 Å². The average Bonchev–Trinajstić information content (AvgIpc) is 2.94. The van der Waals surface area contributed by atoms with Crippen molar-refractivity contribution in [3.8, 4) is 0 Å². The van der Waals surface area contributed by atoms with Gasteiger partial charge in [-0.1, -0.05) is 6.07 Å². The number of aromatic amines is 1. The number of ketones is 1. The van der Waals surface area contributed by atoms with E-state index in [9.17, 15) is 9.00 Å². The Hall–Kier alpha value is -2.34. The summed E-state index contributed by atoms with van der Waals surface area (Å²) >= 11 is 0. The van der Waals surface area contributed by atoms with Crippen molar-refractivity contribution in [3.63, 3.8) is 0 Å². The highest BCUT2D eigenvalue weighted by atomic mass is 32.2. The van der Waals surface area contributed by atoms with E-state index in [1.807, 2.05) is 38.1 Å². The van der Waals surface area contributed by atoms with Crippen LogP contribution in [0.4, 0.5) is 0 Å². The minimum Gasteiger partial charge on any atom is -0.331 e. The molecule has 2 aromatic heterocycles. The molecule has 0 bridgehead atoms. The number of fused-ring (bicyclic) bond motifs is 1. The highest BCUT2D eigenvalue weighted by Crippen LogP contribution is 2.19. The molecule has 0 aliphatic carbocycles. The number of hydrogen-bond acceptors (Lipinski definition) is 4. The fraction of sp³-hybridized carbons (Fsp3) is 0.278. The van der Waals surface area contributed by atoms with E-state index >= 15 is 0 Å². The summed E-state index contributed by atoms with van der Waals surface area (Å²) in [7, 11) is -1.30. The molecule has 3 aromatic rings. The molecule has 0 saturated carbocycles. The van der Waals surface area contributed by atoms with Gasteiger partial charge in [-0.05, 0) is 55.7 Å². The summed E-state index contributed by atoms with van der Waals surface area (Å²) < 4.78 is 12.6. The van der Waals surface area contributed by atoms with Crippen molar-refractivity contribution in [1.29, 1.82) is 0 Å². The zero-order valence-corrected chi connectivity index (χ0v) is 14.7. The molecule has 3 rings (SSSR count). The van der Waals surface area contributed by atoms with Crippen LogP contribution < -0.4 is 0 Å². The van der Waals surface area contributed by atoms with Gasteiger partial charge in [-0.25, -0.2) is 4.98 Å². The van der Waals surface area contributed by atoms with E-state index in [1.165, 1.54) is 0 Å². The standard InChI is InChI=1S/C18H19N3O2S/c1-11-6-7-19-17(13(11)3)10-24(23)18-20-15-5-4-14(8-12(2)22)9-16(15)21-18/h4-7,9H,8,10H2,1-3H3,(H,20,21). The Kier molecular flexibility index (Phi) is 4.57. The topological polar surface area (TPSA) is 75.7 Å². The van der Waals surface area contributed by atoms with Crippen LogP contribution in [0.1, 0.15) is 29.3 Å². The van der Waals surface area contributed by atoms with Gasteiger partial charge in [0.25, 0.3) is 0 Å². The summed E-state index contributed by atoms with van der Waals surface area (Å²) in [5, 5.41) is 0.438. The molecule has 0 fully saturated rings. The van der Waals surface area contributed by atoms with E-state index in [-0.39, 0.29) is 5.78 Å². The number of aromatic nitrogens is 3. The second-order valence-electron chi connectivity index (χ2n) is 5.96. The zero-order chi connectivity index (χ0) is 17.3. The fourth-order valence-corrected chi connectivity index (χ4v) is 3.67. The third-order valence-electron chi connectivity index (χ3n) is 4.04. The lowest BCUT2D eigenvalue weighted by atomic mass is 10.1. The number of Topliss-reactive ketones (excluding diaryl/α,β-unsaturated/α-hetero) is 1. The second kappa shape index (κ2) is 6.65. The lowest BCUT2D eigenvalue weighted by Crippen LogP contribution is -2.03. The van der Waals surface area contributed by atoms with Crippen molar-refractivity contribution in [2.45, 2.75) is 38.1 Å². The molecule has 1 atom stereocenters. The summed E-state index contributed by atoms with van der Waals surface area (Å²) in [6.45, 7) is 5.57. The summed E-state index contributed by atoms with van der Waals surface area (Å²) in [6.07, 6.45) is 2.13. The Morgan fingerprint density at radius 2 is 2.04 bits per heavy atom. The Balaban J connectivity index is 1.87. The Morgan fingerprint density at radius 3 is 2.79 bits per heavy atom. The molecule has 1 unspecified atom stereocenters. The largest absolute Gasteiger partial charge is 0.331 e. The number of hydrogen-bond donors (Lipinski definition) is 1. The number of aryl methyl sites for hydroxylation is 1. The molecule has 0 spiro atoms. The maximum absolute atomic E-state index is 12.6. The first-order valence-corrected chi connectivity index (χ1v) is 9.03. The molecule has 24 heavy (non-hydrogen) atoms. The van der Waals surface area contributed by atoms with E-state index < -0.39 is 10.8 Å². The lowest BCUT2D eigenvalue weighted by Gasteiger charge is -2.05. The van der Waals surface area contributed by atoms with E-state index in [0.717, 1.165) is 33.4 Å². The molecule has 0 amide bonds. The number of pyridine rings is 1. The Morgan fingerprint density at radius 1 is 1.25 bits per heavy atom. The van der Waals surface area contributed by atoms with Crippen LogP contribution in [0.5, 0.6) is 0 Å². The van der Waals surface area contributed by atoms with Crippen molar-refractivity contribution in [3.05, 3.63) is 52.8 Å². The van der Waals surface area contributed by atoms with Gasteiger partial charge in [0.2, 0.25) is 0 Å². The molecule has 0 radical (unpaired) electrons. The highest BCUT2D eigenvalue weighted by Gasteiger charge is 2.14. The van der Waals surface area contributed by atoms with Gasteiger partial charge in [-0.3, -0.25) is 14.0 Å². The first-order chi connectivity index (χ1) is 11.4. The molecule has 5 nitrogen and oxygen atoms in total. The summed E-state index contributed by atoms with van der Waals surface area (Å²) in [4.78, 5) is 23.1. The number of carbonyl (C=O) groups excluding carboxylic acids is 1. The van der Waals surface area contributed by atoms with Crippen molar-refractivity contribution in [2.75, 3.05) is 0 Å². The molecular formula is C18H19N3O2S. The molecular weight excluding hydrogens is 322 g/mol. The molecule has 0 aliphatic heterocycles. The maximum Gasteiger partial charge on any atom is 0.197 e. The van der Waals surface area contributed by atoms with E-state index in [2.05, 4.69) is 15.0 Å². The number of H-pyrrole nitrogens is 1. The highest BCUT2D eigenvalue weighted by molar-refractivity contribution is 7.84. The Bertz CT molecular complexity index is 947. The summed E-state index contributed by atoms with van der Waals surface area (Å²) in [5.74, 6) is 0.437. The van der Waals surface area contributed by atoms with Gasteiger partial charge in [0, 0.05) is 12.6 Å². The minimum absolute atomic E-state index is 0.110. The van der Waals surface area contributed by atoms with Crippen LogP contribution in [0.15, 0.2) is 35.6 Å². The minimum atomic E-state index is -1.30. The van der Waals surface area contributed by atoms with Crippen molar-refractivity contribution < 1.29 is 9.00 Å². The van der Waals surface area contributed by atoms with Crippen molar-refractivity contribution in [2.24, 2.45) is 0 Å². The van der Waals surface area contributed by atoms with Crippen LogP contribution in [-0.4, -0.2) is 24.9 Å². The molecule has 6 heteroatoms. The quantitative estimate of drug-likeness (QED) is 0.774. The van der Waals surface area contributed by atoms with Gasteiger partial charge in [-0.2, -0.15) is 0 Å². The molecule has 2 heterocycles. The number of nitrogens with one attached hydrogen (secondary N) is 1. The fourth-order valence-electron chi connectivity index (χ4n) is 2.57. The van der Waals surface area contributed by atoms with E-state index in [1.54, 1.807) is 13.1 Å². The monoisotopic (exact) mass is 341 g/mol. The van der Waals surface area contributed by atoms with Crippen LogP contribution >= 0.6 is 0 Å². The third-order valence-corrected chi connectivity index (χ3v) is 5.20. The van der Waals surface area contributed by atoms with Gasteiger partial charge in [-0.15, -0.1) is 0 Å². The first-order valence-electron chi connectivity index (χ1n) is 7.71. The van der Waals surface area contributed by atoms with Crippen molar-refractivity contribution >= 4 is 27.6 Å². The number of nitrogens with zero attached hydrogens (tertiary/aromatic N) is 2. The number of imidazole rings is 1. The van der Waals surface area contributed by atoms with Crippen LogP contribution in [-0.2, 0) is 27.8 Å². The van der Waals surface area contributed by atoms with Gasteiger partial charge >= 0.3 is 0 Å². The van der Waals surface area contributed by atoms with Crippen LogP contribution in [0.25, 0.3) is 11.0 Å². The number of carbonyl (C=O) groups is 1. The summed E-state index contributed by atoms with van der Waals surface area (Å²) in [6, 6.07) is 7.56. The zero-order valence-electron chi connectivity index (χ0n) is 13.9. The molecule has 0 saturated heterocycles. The second-order valence-corrected chi connectivity index (χ2v) is 7.33. The smallest absolute Gasteiger partial charge is 0.197 e. The number of benzene rings is 1. The van der Waals surface area contributed by atoms with Crippen LogP contribution in [0, 0.1) is 13.8 Å². The van der Waals surface area contributed by atoms with Gasteiger partial charge in [0.15, 0.2) is 5.16 Å². The van der Waals surface area contributed by atoms with Gasteiger partial charge in [0.1, 0.15) is 5.78 Å². The predicted octanol–water partition coefficient (Wildman–Crippen LogP) is 3.01. The van der Waals surface area contributed by atoms with Gasteiger partial charge in [0.05, 0.1) is 33.3 Å². The van der Waals surface area contributed by atoms with Crippen LogP contribution in [0.2, 0.25) is 0 Å². The van der Waals surface area contributed by atoms with E-state index in [0.29, 0.717) is 17.3 Å².